The molecule has 1 aromatic carbocycles. The number of hydrogen-bond acceptors (Lipinski definition) is 3. The average Bonchev–Trinajstić information content (AvgIpc) is 2.27. The Hall–Kier alpha value is -2.02. The van der Waals surface area contributed by atoms with E-state index >= 15 is 0 Å². The van der Waals surface area contributed by atoms with Crippen LogP contribution in [0.2, 0.25) is 0 Å². The maximum absolute atomic E-state index is 12.3. The van der Waals surface area contributed by atoms with Gasteiger partial charge in [0.2, 0.25) is 0 Å². The fourth-order valence-electron chi connectivity index (χ4n) is 1.68. The maximum Gasteiger partial charge on any atom is 0.573 e. The lowest BCUT2D eigenvalue weighted by Crippen LogP contribution is -2.36. The number of nitrogens with one attached hydrogen (secondary N) is 2. The largest absolute Gasteiger partial charge is 0.573 e. The lowest BCUT2D eigenvalue weighted by molar-refractivity contribution is -0.274. The molecule has 1 amide bonds. The van der Waals surface area contributed by atoms with E-state index in [0.29, 0.717) is 18.7 Å². The normalized spacial score (nSPS) is 14.5. The van der Waals surface area contributed by atoms with Crippen LogP contribution in [0.25, 0.3) is 0 Å². The summed E-state index contributed by atoms with van der Waals surface area (Å²) in [6.45, 7) is 2.89. The Kier molecular flexibility index (Phi) is 3.99. The first-order valence-corrected chi connectivity index (χ1v) is 5.92. The zero-order chi connectivity index (χ0) is 14.8. The van der Waals surface area contributed by atoms with Crippen molar-refractivity contribution in [3.05, 3.63) is 35.4 Å². The predicted octanol–water partition coefficient (Wildman–Crippen LogP) is 2.44. The Balaban J connectivity index is 2.15. The highest BCUT2D eigenvalue weighted by Gasteiger charge is 2.32. The van der Waals surface area contributed by atoms with E-state index in [1.54, 1.807) is 6.92 Å². The third-order valence-electron chi connectivity index (χ3n) is 2.91. The smallest absolute Gasteiger partial charge is 0.404 e. The minimum Gasteiger partial charge on any atom is -0.404 e. The summed E-state index contributed by atoms with van der Waals surface area (Å²) in [5.74, 6) is -0.863. The number of benzene rings is 1. The first-order valence-electron chi connectivity index (χ1n) is 5.92. The van der Waals surface area contributed by atoms with E-state index in [0.717, 1.165) is 11.6 Å². The third-order valence-corrected chi connectivity index (χ3v) is 2.91. The number of anilines is 1. The van der Waals surface area contributed by atoms with Crippen LogP contribution in [0.4, 0.5) is 18.9 Å². The molecule has 1 aromatic rings. The van der Waals surface area contributed by atoms with Gasteiger partial charge >= 0.3 is 6.36 Å². The van der Waals surface area contributed by atoms with Gasteiger partial charge in [-0.1, -0.05) is 12.1 Å². The van der Waals surface area contributed by atoms with Crippen molar-refractivity contribution in [1.82, 2.24) is 5.32 Å². The van der Waals surface area contributed by atoms with E-state index in [-0.39, 0.29) is 5.69 Å². The minimum atomic E-state index is -4.80. The Bertz CT molecular complexity index is 547. The predicted molar refractivity (Wildman–Crippen MR) is 67.3 cm³/mol. The highest BCUT2D eigenvalue weighted by atomic mass is 19.4. The van der Waals surface area contributed by atoms with Gasteiger partial charge in [-0.15, -0.1) is 13.2 Å². The summed E-state index contributed by atoms with van der Waals surface area (Å²) in [6.07, 6.45) is -4.80. The fourth-order valence-corrected chi connectivity index (χ4v) is 1.68. The summed E-state index contributed by atoms with van der Waals surface area (Å²) in [5.41, 5.74) is 1.43. The van der Waals surface area contributed by atoms with E-state index in [4.69, 9.17) is 0 Å². The van der Waals surface area contributed by atoms with Gasteiger partial charge in [-0.3, -0.25) is 4.79 Å². The standard InChI is InChI=1S/C13H13F3N2O2/c1-8(9-6-17-7-9)12(19)18-10-4-2-3-5-11(10)20-13(14,15)16/h2-5,17H,6-7H2,1H3,(H,18,19). The molecule has 108 valence electrons. The van der Waals surface area contributed by atoms with Crippen molar-refractivity contribution in [2.45, 2.75) is 13.3 Å². The molecule has 2 N–H and O–H groups in total. The zero-order valence-corrected chi connectivity index (χ0v) is 10.7. The van der Waals surface area contributed by atoms with Crippen LogP contribution >= 0.6 is 0 Å². The van der Waals surface area contributed by atoms with Gasteiger partial charge in [-0.2, -0.15) is 0 Å². The van der Waals surface area contributed by atoms with Gasteiger partial charge in [-0.25, -0.2) is 0 Å². The minimum absolute atomic E-state index is 0.0120. The second kappa shape index (κ2) is 5.54. The number of carbonyl (C=O) groups is 1. The molecule has 4 nitrogen and oxygen atoms in total. The Morgan fingerprint density at radius 1 is 1.30 bits per heavy atom. The molecule has 0 aliphatic carbocycles. The highest BCUT2D eigenvalue weighted by Crippen LogP contribution is 2.30. The molecule has 0 atom stereocenters. The first-order chi connectivity index (χ1) is 9.37. The van der Waals surface area contributed by atoms with Crippen LogP contribution in [-0.4, -0.2) is 25.4 Å². The monoisotopic (exact) mass is 286 g/mol. The van der Waals surface area contributed by atoms with Gasteiger partial charge in [-0.05, 0) is 24.6 Å². The lowest BCUT2D eigenvalue weighted by atomic mass is 10.0. The van der Waals surface area contributed by atoms with Crippen LogP contribution in [0.3, 0.4) is 0 Å². The van der Waals surface area contributed by atoms with E-state index < -0.39 is 18.0 Å². The highest BCUT2D eigenvalue weighted by molar-refractivity contribution is 6.04. The number of hydrogen-bond donors (Lipinski definition) is 2. The van der Waals surface area contributed by atoms with Gasteiger partial charge in [0.15, 0.2) is 5.75 Å². The molecule has 1 fully saturated rings. The molecule has 1 aliphatic rings. The number of carbonyl (C=O) groups excluding carboxylic acids is 1. The van der Waals surface area contributed by atoms with Crippen LogP contribution in [0.1, 0.15) is 6.92 Å². The Labute approximate surface area is 113 Å². The Morgan fingerprint density at radius 2 is 1.95 bits per heavy atom. The molecule has 1 heterocycles. The molecular formula is C13H13F3N2O2. The van der Waals surface area contributed by atoms with Crippen LogP contribution in [-0.2, 0) is 4.79 Å². The summed E-state index contributed by atoms with van der Waals surface area (Å²) in [4.78, 5) is 11.9. The topological polar surface area (TPSA) is 50.4 Å². The molecule has 0 bridgehead atoms. The van der Waals surface area contributed by atoms with Crippen molar-refractivity contribution in [1.29, 1.82) is 0 Å². The summed E-state index contributed by atoms with van der Waals surface area (Å²) >= 11 is 0. The lowest BCUT2D eigenvalue weighted by Gasteiger charge is -2.21. The van der Waals surface area contributed by atoms with Crippen molar-refractivity contribution < 1.29 is 22.7 Å². The molecule has 2 rings (SSSR count). The summed E-state index contributed by atoms with van der Waals surface area (Å²) < 4.78 is 40.6. The first kappa shape index (κ1) is 14.4. The molecule has 0 saturated carbocycles. The maximum atomic E-state index is 12.3. The van der Waals surface area contributed by atoms with Crippen molar-refractivity contribution in [3.63, 3.8) is 0 Å². The van der Waals surface area contributed by atoms with Gasteiger partial charge in [0.1, 0.15) is 0 Å². The summed E-state index contributed by atoms with van der Waals surface area (Å²) in [5, 5.41) is 5.42. The number of para-hydroxylation sites is 2. The van der Waals surface area contributed by atoms with Crippen molar-refractivity contribution in [2.75, 3.05) is 18.4 Å². The molecule has 7 heteroatoms. The Morgan fingerprint density at radius 3 is 2.50 bits per heavy atom. The number of ether oxygens (including phenoxy) is 1. The molecule has 0 aromatic heterocycles. The summed E-state index contributed by atoms with van der Waals surface area (Å²) in [6, 6.07) is 5.43. The molecular weight excluding hydrogens is 273 g/mol. The van der Waals surface area contributed by atoms with Crippen molar-refractivity contribution in [3.8, 4) is 5.75 Å². The van der Waals surface area contributed by atoms with Gasteiger partial charge in [0.25, 0.3) is 5.91 Å². The van der Waals surface area contributed by atoms with Gasteiger partial charge in [0, 0.05) is 18.7 Å². The zero-order valence-electron chi connectivity index (χ0n) is 10.7. The molecule has 1 saturated heterocycles. The second-order valence-corrected chi connectivity index (χ2v) is 4.33. The summed E-state index contributed by atoms with van der Waals surface area (Å²) in [7, 11) is 0. The van der Waals surface area contributed by atoms with Crippen LogP contribution in [0.5, 0.6) is 5.75 Å². The average molecular weight is 286 g/mol. The molecule has 0 radical (unpaired) electrons. The second-order valence-electron chi connectivity index (χ2n) is 4.33. The van der Waals surface area contributed by atoms with Crippen LogP contribution < -0.4 is 15.4 Å². The van der Waals surface area contributed by atoms with E-state index in [1.807, 2.05) is 0 Å². The van der Waals surface area contributed by atoms with Crippen molar-refractivity contribution >= 4 is 11.6 Å². The van der Waals surface area contributed by atoms with E-state index in [2.05, 4.69) is 15.4 Å². The van der Waals surface area contributed by atoms with Crippen LogP contribution in [0, 0.1) is 0 Å². The third kappa shape index (κ3) is 3.51. The molecule has 20 heavy (non-hydrogen) atoms. The quantitative estimate of drug-likeness (QED) is 0.839. The SMILES string of the molecule is CC(C(=O)Nc1ccccc1OC(F)(F)F)=C1CNC1. The number of alkyl halides is 3. The number of rotatable bonds is 3. The molecule has 1 aliphatic heterocycles. The number of halogens is 3. The van der Waals surface area contributed by atoms with Crippen molar-refractivity contribution in [2.24, 2.45) is 0 Å². The molecule has 0 unspecified atom stereocenters. The fraction of sp³-hybridized carbons (Fsp3) is 0.308. The number of amides is 1. The van der Waals surface area contributed by atoms with E-state index in [9.17, 15) is 18.0 Å². The van der Waals surface area contributed by atoms with Crippen LogP contribution in [0.15, 0.2) is 35.4 Å². The molecule has 0 spiro atoms. The van der Waals surface area contributed by atoms with Gasteiger partial charge < -0.3 is 15.4 Å². The van der Waals surface area contributed by atoms with E-state index in [1.165, 1.54) is 18.2 Å². The van der Waals surface area contributed by atoms with Gasteiger partial charge in [0.05, 0.1) is 5.69 Å².